The fourth-order valence-electron chi connectivity index (χ4n) is 1.03. The minimum Gasteiger partial charge on any atom is -0.481 e. The minimum atomic E-state index is -0.829. The number of benzene rings is 1. The molecule has 2 nitrogen and oxygen atoms in total. The Hall–Kier alpha value is -1.28. The summed E-state index contributed by atoms with van der Waals surface area (Å²) < 4.78 is 0. The maximum atomic E-state index is 10.3. The van der Waals surface area contributed by atoms with Crippen LogP contribution < -0.4 is 0 Å². The fraction of sp³-hybridized carbons (Fsp3) is 0.182. The number of halogens is 1. The molecule has 0 aliphatic heterocycles. The number of carbonyl (C=O) groups is 1. The molecule has 0 aliphatic rings. The number of carboxylic acid groups (broad SMARTS) is 1. The predicted molar refractivity (Wildman–Crippen MR) is 57.1 cm³/mol. The molecular formula is C11H11ClO2. The highest BCUT2D eigenvalue weighted by Crippen LogP contribution is 2.15. The Morgan fingerprint density at radius 2 is 1.93 bits per heavy atom. The van der Waals surface area contributed by atoms with Crippen molar-refractivity contribution in [1.29, 1.82) is 0 Å². The van der Waals surface area contributed by atoms with Crippen LogP contribution in [-0.2, 0) is 4.79 Å². The quantitative estimate of drug-likeness (QED) is 0.829. The van der Waals surface area contributed by atoms with E-state index in [0.717, 1.165) is 5.56 Å². The van der Waals surface area contributed by atoms with Gasteiger partial charge in [-0.05, 0) is 18.1 Å². The molecule has 0 heterocycles. The summed E-state index contributed by atoms with van der Waals surface area (Å²) in [6.45, 7) is 0. The van der Waals surface area contributed by atoms with Crippen molar-refractivity contribution in [2.75, 3.05) is 0 Å². The number of allylic oxidation sites excluding steroid dienone is 1. The summed E-state index contributed by atoms with van der Waals surface area (Å²) in [7, 11) is 0. The van der Waals surface area contributed by atoms with Crippen LogP contribution in [0.25, 0.3) is 6.08 Å². The van der Waals surface area contributed by atoms with E-state index in [4.69, 9.17) is 16.7 Å². The molecule has 1 N–H and O–H groups in total. The lowest BCUT2D eigenvalue weighted by Gasteiger charge is -1.96. The highest BCUT2D eigenvalue weighted by molar-refractivity contribution is 6.31. The first-order chi connectivity index (χ1) is 6.68. The molecule has 0 spiro atoms. The molecule has 0 unspecified atom stereocenters. The van der Waals surface area contributed by atoms with Gasteiger partial charge in [0.2, 0.25) is 0 Å². The molecule has 0 amide bonds. The van der Waals surface area contributed by atoms with Crippen molar-refractivity contribution in [2.45, 2.75) is 12.8 Å². The molecule has 1 rings (SSSR count). The monoisotopic (exact) mass is 210 g/mol. The normalized spacial score (nSPS) is 11.4. The van der Waals surface area contributed by atoms with Gasteiger partial charge in [0.25, 0.3) is 0 Å². The second-order valence-corrected chi connectivity index (χ2v) is 3.38. The van der Waals surface area contributed by atoms with E-state index in [1.54, 1.807) is 6.08 Å². The average molecular weight is 211 g/mol. The van der Waals surface area contributed by atoms with Gasteiger partial charge in [0.1, 0.15) is 0 Å². The second-order valence-electron chi connectivity index (χ2n) is 2.90. The minimum absolute atomic E-state index is 0.0716. The van der Waals surface area contributed by atoms with E-state index < -0.39 is 5.97 Å². The van der Waals surface area contributed by atoms with E-state index in [2.05, 4.69) is 0 Å². The average Bonchev–Trinajstić information content (AvgIpc) is 2.16. The largest absolute Gasteiger partial charge is 0.481 e. The summed E-state index contributed by atoms with van der Waals surface area (Å²) in [6.07, 6.45) is 2.23. The lowest BCUT2D eigenvalue weighted by molar-refractivity contribution is -0.136. The zero-order chi connectivity index (χ0) is 10.4. The molecule has 0 saturated carbocycles. The molecule has 14 heavy (non-hydrogen) atoms. The molecule has 74 valence electrons. The van der Waals surface area contributed by atoms with Crippen LogP contribution in [-0.4, -0.2) is 11.1 Å². The molecule has 3 heteroatoms. The first-order valence-electron chi connectivity index (χ1n) is 4.31. The third kappa shape index (κ3) is 4.10. The molecule has 0 radical (unpaired) electrons. The lowest BCUT2D eigenvalue weighted by Crippen LogP contribution is -1.93. The van der Waals surface area contributed by atoms with E-state index in [-0.39, 0.29) is 6.42 Å². The fourth-order valence-corrected chi connectivity index (χ4v) is 1.25. The molecule has 0 aromatic heterocycles. The predicted octanol–water partition coefficient (Wildman–Crippen LogP) is 3.13. The summed E-state index contributed by atoms with van der Waals surface area (Å²) in [5.41, 5.74) is 0.989. The number of hydrogen-bond acceptors (Lipinski definition) is 1. The zero-order valence-corrected chi connectivity index (χ0v) is 8.37. The van der Waals surface area contributed by atoms with Crippen LogP contribution in [0.5, 0.6) is 0 Å². The van der Waals surface area contributed by atoms with Crippen LogP contribution in [0.15, 0.2) is 35.4 Å². The maximum absolute atomic E-state index is 10.3. The lowest BCUT2D eigenvalue weighted by atomic mass is 10.2. The van der Waals surface area contributed by atoms with Crippen molar-refractivity contribution in [2.24, 2.45) is 0 Å². The first-order valence-corrected chi connectivity index (χ1v) is 4.69. The van der Waals surface area contributed by atoms with Gasteiger partial charge in [-0.1, -0.05) is 41.9 Å². The zero-order valence-electron chi connectivity index (χ0n) is 7.61. The van der Waals surface area contributed by atoms with Gasteiger partial charge in [0, 0.05) is 5.03 Å². The van der Waals surface area contributed by atoms with Crippen molar-refractivity contribution in [3.63, 3.8) is 0 Å². The third-order valence-electron chi connectivity index (χ3n) is 1.70. The van der Waals surface area contributed by atoms with Crippen molar-refractivity contribution < 1.29 is 9.90 Å². The standard InChI is InChI=1S/C11H11ClO2/c12-10(6-7-11(13)14)8-9-4-2-1-3-5-9/h1-5,8H,6-7H2,(H,13,14)/b10-8-. The molecular weight excluding hydrogens is 200 g/mol. The van der Waals surface area contributed by atoms with E-state index in [1.165, 1.54) is 0 Å². The molecule has 0 aliphatic carbocycles. The van der Waals surface area contributed by atoms with Gasteiger partial charge >= 0.3 is 5.97 Å². The van der Waals surface area contributed by atoms with Crippen LogP contribution in [0.2, 0.25) is 0 Å². The van der Waals surface area contributed by atoms with Crippen molar-refractivity contribution >= 4 is 23.6 Å². The summed E-state index contributed by atoms with van der Waals surface area (Å²) in [4.78, 5) is 10.3. The highest BCUT2D eigenvalue weighted by atomic mass is 35.5. The van der Waals surface area contributed by atoms with Crippen LogP contribution in [0.4, 0.5) is 0 Å². The van der Waals surface area contributed by atoms with Crippen LogP contribution in [0, 0.1) is 0 Å². The Kier molecular flexibility index (Phi) is 4.20. The molecule has 1 aromatic rings. The van der Waals surface area contributed by atoms with Crippen molar-refractivity contribution in [1.82, 2.24) is 0 Å². The summed E-state index contributed by atoms with van der Waals surface area (Å²) in [5, 5.41) is 9.01. The SMILES string of the molecule is O=C(O)CC/C(Cl)=C/c1ccccc1. The molecule has 0 saturated heterocycles. The molecule has 0 fully saturated rings. The van der Waals surface area contributed by atoms with Crippen LogP contribution >= 0.6 is 11.6 Å². The topological polar surface area (TPSA) is 37.3 Å². The summed E-state index contributed by atoms with van der Waals surface area (Å²) in [6, 6.07) is 9.58. The van der Waals surface area contributed by atoms with E-state index >= 15 is 0 Å². The van der Waals surface area contributed by atoms with Gasteiger partial charge in [-0.25, -0.2) is 0 Å². The number of rotatable bonds is 4. The number of hydrogen-bond donors (Lipinski definition) is 1. The first kappa shape index (κ1) is 10.8. The molecule has 1 aromatic carbocycles. The Morgan fingerprint density at radius 3 is 2.50 bits per heavy atom. The molecule has 0 bridgehead atoms. The van der Waals surface area contributed by atoms with Gasteiger partial charge in [-0.2, -0.15) is 0 Å². The van der Waals surface area contributed by atoms with Crippen LogP contribution in [0.1, 0.15) is 18.4 Å². The highest BCUT2D eigenvalue weighted by Gasteiger charge is 1.99. The van der Waals surface area contributed by atoms with Gasteiger partial charge in [-0.15, -0.1) is 0 Å². The van der Waals surface area contributed by atoms with Crippen molar-refractivity contribution in [3.05, 3.63) is 40.9 Å². The van der Waals surface area contributed by atoms with Gasteiger partial charge in [0.05, 0.1) is 6.42 Å². The number of carboxylic acids is 1. The smallest absolute Gasteiger partial charge is 0.303 e. The molecule has 0 atom stereocenters. The summed E-state index contributed by atoms with van der Waals surface area (Å²) >= 11 is 5.86. The van der Waals surface area contributed by atoms with E-state index in [0.29, 0.717) is 11.5 Å². The van der Waals surface area contributed by atoms with E-state index in [1.807, 2.05) is 30.3 Å². The second kappa shape index (κ2) is 5.45. The Balaban J connectivity index is 2.56. The number of aliphatic carboxylic acids is 1. The summed E-state index contributed by atoms with van der Waals surface area (Å²) in [5.74, 6) is -0.829. The van der Waals surface area contributed by atoms with Gasteiger partial charge < -0.3 is 5.11 Å². The Labute approximate surface area is 87.8 Å². The third-order valence-corrected chi connectivity index (χ3v) is 2.00. The van der Waals surface area contributed by atoms with E-state index in [9.17, 15) is 4.79 Å². The van der Waals surface area contributed by atoms with Crippen LogP contribution in [0.3, 0.4) is 0 Å². The maximum Gasteiger partial charge on any atom is 0.303 e. The Bertz CT molecular complexity index is 330. The van der Waals surface area contributed by atoms with Gasteiger partial charge in [-0.3, -0.25) is 4.79 Å². The Morgan fingerprint density at radius 1 is 1.29 bits per heavy atom. The van der Waals surface area contributed by atoms with Gasteiger partial charge in [0.15, 0.2) is 0 Å². The van der Waals surface area contributed by atoms with Crippen molar-refractivity contribution in [3.8, 4) is 0 Å².